The Morgan fingerprint density at radius 1 is 1.14 bits per heavy atom. The van der Waals surface area contributed by atoms with E-state index in [-0.39, 0.29) is 0 Å². The highest BCUT2D eigenvalue weighted by Gasteiger charge is 2.43. The Balaban J connectivity index is 1.57. The molecule has 0 amide bonds. The van der Waals surface area contributed by atoms with Crippen LogP contribution < -0.4 is 0 Å². The highest BCUT2D eigenvalue weighted by Crippen LogP contribution is 2.39. The SMILES string of the molecule is CCC1CC1N1CCN2CCCC2C1. The van der Waals surface area contributed by atoms with Crippen LogP contribution in [-0.2, 0) is 0 Å². The third kappa shape index (κ3) is 1.49. The Kier molecular flexibility index (Phi) is 2.29. The number of fused-ring (bicyclic) bond motifs is 1. The smallest absolute Gasteiger partial charge is 0.0224 e. The lowest BCUT2D eigenvalue weighted by atomic mass is 10.1. The summed E-state index contributed by atoms with van der Waals surface area (Å²) in [7, 11) is 0. The Morgan fingerprint density at radius 3 is 2.79 bits per heavy atom. The van der Waals surface area contributed by atoms with Crippen LogP contribution >= 0.6 is 0 Å². The molecule has 3 aliphatic rings. The Labute approximate surface area is 87.3 Å². The average molecular weight is 194 g/mol. The van der Waals surface area contributed by atoms with Gasteiger partial charge in [0.1, 0.15) is 0 Å². The van der Waals surface area contributed by atoms with E-state index in [1.54, 1.807) is 0 Å². The second kappa shape index (κ2) is 3.49. The molecule has 0 radical (unpaired) electrons. The summed E-state index contributed by atoms with van der Waals surface area (Å²) < 4.78 is 0. The zero-order valence-corrected chi connectivity index (χ0v) is 9.28. The largest absolute Gasteiger partial charge is 0.298 e. The lowest BCUT2D eigenvalue weighted by molar-refractivity contribution is 0.0948. The zero-order valence-electron chi connectivity index (χ0n) is 9.28. The molecule has 0 aromatic rings. The van der Waals surface area contributed by atoms with Crippen LogP contribution in [0, 0.1) is 5.92 Å². The van der Waals surface area contributed by atoms with Gasteiger partial charge in [0, 0.05) is 31.7 Å². The molecule has 3 atom stereocenters. The van der Waals surface area contributed by atoms with E-state index in [9.17, 15) is 0 Å². The first-order chi connectivity index (χ1) is 6.88. The summed E-state index contributed by atoms with van der Waals surface area (Å²) in [5.74, 6) is 1.04. The fourth-order valence-electron chi connectivity index (χ4n) is 3.43. The second-order valence-electron chi connectivity index (χ2n) is 5.30. The lowest BCUT2D eigenvalue weighted by Gasteiger charge is -2.37. The van der Waals surface area contributed by atoms with Gasteiger partial charge in [-0.05, 0) is 31.7 Å². The Hall–Kier alpha value is -0.0800. The molecule has 2 saturated heterocycles. The van der Waals surface area contributed by atoms with Crippen molar-refractivity contribution in [2.24, 2.45) is 5.92 Å². The van der Waals surface area contributed by atoms with Gasteiger partial charge in [-0.3, -0.25) is 9.80 Å². The van der Waals surface area contributed by atoms with Gasteiger partial charge in [-0.15, -0.1) is 0 Å². The van der Waals surface area contributed by atoms with Gasteiger partial charge in [0.25, 0.3) is 0 Å². The van der Waals surface area contributed by atoms with E-state index in [0.29, 0.717) is 0 Å². The fraction of sp³-hybridized carbons (Fsp3) is 1.00. The van der Waals surface area contributed by atoms with Crippen molar-refractivity contribution in [3.05, 3.63) is 0 Å². The number of hydrogen-bond donors (Lipinski definition) is 0. The summed E-state index contributed by atoms with van der Waals surface area (Å²) in [6, 6.07) is 1.89. The second-order valence-corrected chi connectivity index (χ2v) is 5.30. The molecule has 3 rings (SSSR count). The van der Waals surface area contributed by atoms with E-state index in [4.69, 9.17) is 0 Å². The molecule has 2 heterocycles. The van der Waals surface area contributed by atoms with E-state index < -0.39 is 0 Å². The molecular weight excluding hydrogens is 172 g/mol. The van der Waals surface area contributed by atoms with Crippen LogP contribution in [0.25, 0.3) is 0 Å². The topological polar surface area (TPSA) is 6.48 Å². The van der Waals surface area contributed by atoms with Gasteiger partial charge < -0.3 is 0 Å². The van der Waals surface area contributed by atoms with Crippen molar-refractivity contribution in [1.29, 1.82) is 0 Å². The van der Waals surface area contributed by atoms with Gasteiger partial charge in [0.05, 0.1) is 0 Å². The molecule has 0 aromatic heterocycles. The summed E-state index contributed by atoms with van der Waals surface area (Å²) in [5, 5.41) is 0. The van der Waals surface area contributed by atoms with Crippen LogP contribution in [0.3, 0.4) is 0 Å². The minimum absolute atomic E-state index is 0.918. The highest BCUT2D eigenvalue weighted by atomic mass is 15.3. The summed E-state index contributed by atoms with van der Waals surface area (Å²) in [6.07, 6.45) is 5.79. The molecule has 3 unspecified atom stereocenters. The maximum Gasteiger partial charge on any atom is 0.0224 e. The van der Waals surface area contributed by atoms with Crippen molar-refractivity contribution in [2.45, 2.75) is 44.7 Å². The molecule has 2 heteroatoms. The molecule has 0 spiro atoms. The third-order valence-electron chi connectivity index (χ3n) is 4.50. The third-order valence-corrected chi connectivity index (χ3v) is 4.50. The van der Waals surface area contributed by atoms with Crippen LogP contribution in [0.2, 0.25) is 0 Å². The standard InChI is InChI=1S/C12H22N2/c1-2-10-8-12(10)14-7-6-13-5-3-4-11(13)9-14/h10-12H,2-9H2,1H3. The average Bonchev–Trinajstić information content (AvgIpc) is 2.87. The van der Waals surface area contributed by atoms with Gasteiger partial charge in [-0.1, -0.05) is 13.3 Å². The fourth-order valence-corrected chi connectivity index (χ4v) is 3.43. The predicted octanol–water partition coefficient (Wildman–Crippen LogP) is 1.56. The van der Waals surface area contributed by atoms with Crippen LogP contribution in [0.4, 0.5) is 0 Å². The molecule has 0 bridgehead atoms. The van der Waals surface area contributed by atoms with Gasteiger partial charge in [-0.25, -0.2) is 0 Å². The van der Waals surface area contributed by atoms with E-state index in [2.05, 4.69) is 16.7 Å². The van der Waals surface area contributed by atoms with Crippen LogP contribution in [0.1, 0.15) is 32.6 Å². The van der Waals surface area contributed by atoms with Crippen molar-refractivity contribution in [2.75, 3.05) is 26.2 Å². The maximum atomic E-state index is 2.78. The summed E-state index contributed by atoms with van der Waals surface area (Å²) in [5.41, 5.74) is 0. The minimum Gasteiger partial charge on any atom is -0.298 e. The number of hydrogen-bond acceptors (Lipinski definition) is 2. The normalized spacial score (nSPS) is 43.9. The lowest BCUT2D eigenvalue weighted by Crippen LogP contribution is -2.51. The minimum atomic E-state index is 0.918. The van der Waals surface area contributed by atoms with Crippen molar-refractivity contribution < 1.29 is 0 Å². The van der Waals surface area contributed by atoms with E-state index >= 15 is 0 Å². The van der Waals surface area contributed by atoms with E-state index in [1.165, 1.54) is 51.9 Å². The Bertz CT molecular complexity index is 216. The van der Waals surface area contributed by atoms with E-state index in [1.807, 2.05) is 0 Å². The van der Waals surface area contributed by atoms with Crippen molar-refractivity contribution in [3.63, 3.8) is 0 Å². The first-order valence-corrected chi connectivity index (χ1v) is 6.36. The number of nitrogens with zero attached hydrogens (tertiary/aromatic N) is 2. The molecule has 2 nitrogen and oxygen atoms in total. The molecule has 2 aliphatic heterocycles. The molecule has 0 aromatic carbocycles. The van der Waals surface area contributed by atoms with Gasteiger partial charge >= 0.3 is 0 Å². The molecule has 80 valence electrons. The zero-order chi connectivity index (χ0) is 9.54. The number of rotatable bonds is 2. The number of piperazine rings is 1. The van der Waals surface area contributed by atoms with Gasteiger partial charge in [0.2, 0.25) is 0 Å². The monoisotopic (exact) mass is 194 g/mol. The summed E-state index contributed by atoms with van der Waals surface area (Å²) in [4.78, 5) is 5.49. The van der Waals surface area contributed by atoms with Crippen molar-refractivity contribution >= 4 is 0 Å². The molecule has 1 saturated carbocycles. The Morgan fingerprint density at radius 2 is 2.00 bits per heavy atom. The molecule has 3 fully saturated rings. The molecular formula is C12H22N2. The molecule has 0 N–H and O–H groups in total. The predicted molar refractivity (Wildman–Crippen MR) is 58.4 cm³/mol. The summed E-state index contributed by atoms with van der Waals surface area (Å²) in [6.45, 7) is 7.79. The first kappa shape index (κ1) is 9.17. The quantitative estimate of drug-likeness (QED) is 0.658. The van der Waals surface area contributed by atoms with Crippen LogP contribution in [0.15, 0.2) is 0 Å². The molecule has 14 heavy (non-hydrogen) atoms. The van der Waals surface area contributed by atoms with Crippen molar-refractivity contribution in [3.8, 4) is 0 Å². The first-order valence-electron chi connectivity index (χ1n) is 6.36. The van der Waals surface area contributed by atoms with Crippen LogP contribution in [0.5, 0.6) is 0 Å². The highest BCUT2D eigenvalue weighted by molar-refractivity contribution is 4.98. The van der Waals surface area contributed by atoms with Crippen molar-refractivity contribution in [1.82, 2.24) is 9.80 Å². The van der Waals surface area contributed by atoms with Crippen LogP contribution in [-0.4, -0.2) is 48.1 Å². The van der Waals surface area contributed by atoms with Gasteiger partial charge in [-0.2, -0.15) is 0 Å². The maximum absolute atomic E-state index is 2.78. The summed E-state index contributed by atoms with van der Waals surface area (Å²) >= 11 is 0. The molecule has 1 aliphatic carbocycles. The van der Waals surface area contributed by atoms with E-state index in [0.717, 1.165) is 18.0 Å². The van der Waals surface area contributed by atoms with Gasteiger partial charge in [0.15, 0.2) is 0 Å².